The van der Waals surface area contributed by atoms with Gasteiger partial charge in [-0.1, -0.05) is 0 Å². The van der Waals surface area contributed by atoms with Crippen molar-refractivity contribution in [3.63, 3.8) is 0 Å². The van der Waals surface area contributed by atoms with Crippen molar-refractivity contribution in [2.45, 2.75) is 0 Å². The highest BCUT2D eigenvalue weighted by atomic mass is 79.9. The van der Waals surface area contributed by atoms with Crippen molar-refractivity contribution < 1.29 is 9.90 Å². The van der Waals surface area contributed by atoms with Gasteiger partial charge in [0.15, 0.2) is 0 Å². The van der Waals surface area contributed by atoms with Gasteiger partial charge in [0.05, 0.1) is 11.1 Å². The Morgan fingerprint density at radius 1 is 1.38 bits per heavy atom. The molecule has 0 aliphatic carbocycles. The van der Waals surface area contributed by atoms with Gasteiger partial charge in [0.1, 0.15) is 6.07 Å². The van der Waals surface area contributed by atoms with E-state index in [-0.39, 0.29) is 5.56 Å². The summed E-state index contributed by atoms with van der Waals surface area (Å²) in [6.45, 7) is 0. The van der Waals surface area contributed by atoms with Gasteiger partial charge in [0.2, 0.25) is 0 Å². The number of carboxylic acid groups (broad SMARTS) is 1. The van der Waals surface area contributed by atoms with Crippen LogP contribution in [0.15, 0.2) is 21.1 Å². The van der Waals surface area contributed by atoms with E-state index in [0.29, 0.717) is 14.5 Å². The maximum atomic E-state index is 10.6. The standard InChI is InChI=1S/C8H3Br2NO2/c9-6-2-7(10)5(8(12)13)1-4(6)3-11/h1-2H,(H,12,13). The second-order valence-corrected chi connectivity index (χ2v) is 3.94. The largest absolute Gasteiger partial charge is 0.478 e. The van der Waals surface area contributed by atoms with E-state index in [1.54, 1.807) is 6.07 Å². The molecular weight excluding hydrogens is 302 g/mol. The number of nitrogens with zero attached hydrogens (tertiary/aromatic N) is 1. The molecule has 0 atom stereocenters. The van der Waals surface area contributed by atoms with Gasteiger partial charge >= 0.3 is 5.97 Å². The van der Waals surface area contributed by atoms with Crippen molar-refractivity contribution in [1.82, 2.24) is 0 Å². The first-order valence-corrected chi connectivity index (χ1v) is 4.77. The average molecular weight is 305 g/mol. The summed E-state index contributed by atoms with van der Waals surface area (Å²) in [4.78, 5) is 10.6. The van der Waals surface area contributed by atoms with Crippen LogP contribution in [0.5, 0.6) is 0 Å². The summed E-state index contributed by atoms with van der Waals surface area (Å²) in [5.41, 5.74) is 0.389. The smallest absolute Gasteiger partial charge is 0.336 e. The Bertz CT molecular complexity index is 409. The van der Waals surface area contributed by atoms with Gasteiger partial charge in [-0.05, 0) is 44.0 Å². The lowest BCUT2D eigenvalue weighted by Crippen LogP contribution is -1.98. The predicted octanol–water partition coefficient (Wildman–Crippen LogP) is 2.78. The maximum Gasteiger partial charge on any atom is 0.336 e. The first kappa shape index (κ1) is 10.2. The number of nitriles is 1. The van der Waals surface area contributed by atoms with Crippen molar-refractivity contribution in [1.29, 1.82) is 5.26 Å². The number of carbonyl (C=O) groups is 1. The molecule has 0 unspecified atom stereocenters. The van der Waals surface area contributed by atoms with Crippen molar-refractivity contribution in [3.8, 4) is 6.07 Å². The van der Waals surface area contributed by atoms with Crippen LogP contribution in [0, 0.1) is 11.3 Å². The molecule has 0 bridgehead atoms. The fourth-order valence-corrected chi connectivity index (χ4v) is 2.05. The molecule has 0 spiro atoms. The van der Waals surface area contributed by atoms with Gasteiger partial charge in [-0.15, -0.1) is 0 Å². The van der Waals surface area contributed by atoms with Gasteiger partial charge in [0, 0.05) is 8.95 Å². The molecule has 0 aliphatic rings. The van der Waals surface area contributed by atoms with Gasteiger partial charge in [-0.25, -0.2) is 4.79 Å². The van der Waals surface area contributed by atoms with E-state index in [0.717, 1.165) is 0 Å². The molecule has 0 saturated carbocycles. The first-order valence-electron chi connectivity index (χ1n) is 3.18. The zero-order chi connectivity index (χ0) is 10.0. The lowest BCUT2D eigenvalue weighted by Gasteiger charge is -2.01. The third-order valence-corrected chi connectivity index (χ3v) is 2.72. The maximum absolute atomic E-state index is 10.6. The Morgan fingerprint density at radius 2 is 2.00 bits per heavy atom. The molecule has 0 fully saturated rings. The highest BCUT2D eigenvalue weighted by molar-refractivity contribution is 9.11. The Morgan fingerprint density at radius 3 is 2.46 bits per heavy atom. The third kappa shape index (κ3) is 2.08. The zero-order valence-electron chi connectivity index (χ0n) is 6.21. The van der Waals surface area contributed by atoms with E-state index in [4.69, 9.17) is 10.4 Å². The van der Waals surface area contributed by atoms with Gasteiger partial charge in [-0.3, -0.25) is 0 Å². The molecule has 66 valence electrons. The van der Waals surface area contributed by atoms with E-state index < -0.39 is 5.97 Å². The molecule has 5 heteroatoms. The number of benzene rings is 1. The lowest BCUT2D eigenvalue weighted by atomic mass is 10.1. The van der Waals surface area contributed by atoms with Gasteiger partial charge in [0.25, 0.3) is 0 Å². The van der Waals surface area contributed by atoms with E-state index in [2.05, 4.69) is 31.9 Å². The molecule has 0 aromatic heterocycles. The highest BCUT2D eigenvalue weighted by Crippen LogP contribution is 2.25. The van der Waals surface area contributed by atoms with Crippen molar-refractivity contribution >= 4 is 37.8 Å². The quantitative estimate of drug-likeness (QED) is 0.868. The lowest BCUT2D eigenvalue weighted by molar-refractivity contribution is 0.0696. The van der Waals surface area contributed by atoms with Crippen molar-refractivity contribution in [2.24, 2.45) is 0 Å². The topological polar surface area (TPSA) is 61.1 Å². The van der Waals surface area contributed by atoms with Gasteiger partial charge < -0.3 is 5.11 Å². The Balaban J connectivity index is 3.41. The van der Waals surface area contributed by atoms with Crippen LogP contribution in [-0.4, -0.2) is 11.1 Å². The number of halogens is 2. The monoisotopic (exact) mass is 303 g/mol. The fraction of sp³-hybridized carbons (Fsp3) is 0. The molecule has 0 amide bonds. The molecule has 1 rings (SSSR count). The number of hydrogen-bond donors (Lipinski definition) is 1. The summed E-state index contributed by atoms with van der Waals surface area (Å²) in [5.74, 6) is -1.06. The van der Waals surface area contributed by atoms with Crippen LogP contribution in [0.3, 0.4) is 0 Å². The summed E-state index contributed by atoms with van der Waals surface area (Å²) >= 11 is 6.24. The van der Waals surface area contributed by atoms with E-state index in [1.165, 1.54) is 6.07 Å². The van der Waals surface area contributed by atoms with Gasteiger partial charge in [-0.2, -0.15) is 5.26 Å². The molecule has 1 aromatic rings. The van der Waals surface area contributed by atoms with E-state index >= 15 is 0 Å². The Hall–Kier alpha value is -0.860. The molecule has 3 nitrogen and oxygen atoms in total. The SMILES string of the molecule is N#Cc1cc(C(=O)O)c(Br)cc1Br. The Kier molecular flexibility index (Phi) is 3.07. The fourth-order valence-electron chi connectivity index (χ4n) is 0.799. The van der Waals surface area contributed by atoms with Crippen LogP contribution >= 0.6 is 31.9 Å². The van der Waals surface area contributed by atoms with Crippen LogP contribution < -0.4 is 0 Å². The number of rotatable bonds is 1. The van der Waals surface area contributed by atoms with Crippen LogP contribution in [0.1, 0.15) is 15.9 Å². The molecule has 0 heterocycles. The van der Waals surface area contributed by atoms with Crippen LogP contribution in [0.25, 0.3) is 0 Å². The molecule has 0 aliphatic heterocycles. The van der Waals surface area contributed by atoms with E-state index in [9.17, 15) is 4.79 Å². The summed E-state index contributed by atoms with van der Waals surface area (Å²) in [6, 6.07) is 4.75. The summed E-state index contributed by atoms with van der Waals surface area (Å²) < 4.78 is 1.03. The average Bonchev–Trinajstić information content (AvgIpc) is 2.03. The normalized spacial score (nSPS) is 9.31. The first-order chi connectivity index (χ1) is 6.06. The van der Waals surface area contributed by atoms with Crippen LogP contribution in [0.4, 0.5) is 0 Å². The molecule has 0 saturated heterocycles. The zero-order valence-corrected chi connectivity index (χ0v) is 9.39. The summed E-state index contributed by atoms with van der Waals surface area (Å²) in [6.07, 6.45) is 0. The highest BCUT2D eigenvalue weighted by Gasteiger charge is 2.11. The number of carboxylic acids is 1. The molecule has 1 aromatic carbocycles. The predicted molar refractivity (Wildman–Crippen MR) is 53.5 cm³/mol. The van der Waals surface area contributed by atoms with Crippen LogP contribution in [-0.2, 0) is 0 Å². The second-order valence-electron chi connectivity index (χ2n) is 2.23. The minimum Gasteiger partial charge on any atom is -0.478 e. The summed E-state index contributed by atoms with van der Waals surface area (Å²) in [7, 11) is 0. The molecule has 0 radical (unpaired) electrons. The second kappa shape index (κ2) is 3.90. The molecule has 1 N–H and O–H groups in total. The minimum absolute atomic E-state index is 0.0831. The number of hydrogen-bond acceptors (Lipinski definition) is 2. The third-order valence-electron chi connectivity index (χ3n) is 1.41. The Labute approximate surface area is 91.2 Å². The minimum atomic E-state index is -1.06. The molecule has 13 heavy (non-hydrogen) atoms. The van der Waals surface area contributed by atoms with Crippen molar-refractivity contribution in [2.75, 3.05) is 0 Å². The number of aromatic carboxylic acids is 1. The summed E-state index contributed by atoms with van der Waals surface area (Å²) in [5, 5.41) is 17.3. The van der Waals surface area contributed by atoms with Crippen molar-refractivity contribution in [3.05, 3.63) is 32.2 Å². The van der Waals surface area contributed by atoms with E-state index in [1.807, 2.05) is 6.07 Å². The molecular formula is C8H3Br2NO2. The van der Waals surface area contributed by atoms with Crippen LogP contribution in [0.2, 0.25) is 0 Å².